The van der Waals surface area contributed by atoms with Crippen molar-refractivity contribution in [1.29, 1.82) is 0 Å². The number of aromatic nitrogens is 1. The van der Waals surface area contributed by atoms with Gasteiger partial charge in [-0.15, -0.1) is 0 Å². The molecule has 0 aliphatic carbocycles. The molecular weight excluding hydrogens is 493 g/mol. The van der Waals surface area contributed by atoms with E-state index >= 15 is 0 Å². The molecule has 3 heterocycles. The van der Waals surface area contributed by atoms with Crippen LogP contribution in [-0.4, -0.2) is 84.9 Å². The minimum absolute atomic E-state index is 0.0273. The van der Waals surface area contributed by atoms with Crippen LogP contribution in [0.5, 0.6) is 0 Å². The lowest BCUT2D eigenvalue weighted by Gasteiger charge is -2.38. The van der Waals surface area contributed by atoms with E-state index in [-0.39, 0.29) is 29.8 Å². The summed E-state index contributed by atoms with van der Waals surface area (Å²) in [5.41, 5.74) is 4.40. The van der Waals surface area contributed by atoms with Crippen LogP contribution in [0, 0.1) is 0 Å². The molecule has 0 radical (unpaired) electrons. The van der Waals surface area contributed by atoms with E-state index < -0.39 is 42.9 Å². The monoisotopic (exact) mass is 519 g/mol. The first-order valence-corrected chi connectivity index (χ1v) is 12.9. The molecule has 4 rings (SSSR count). The summed E-state index contributed by atoms with van der Waals surface area (Å²) in [6.45, 7) is 1.64. The lowest BCUT2D eigenvalue weighted by molar-refractivity contribution is -0.144. The van der Waals surface area contributed by atoms with Crippen molar-refractivity contribution in [3.8, 4) is 0 Å². The summed E-state index contributed by atoms with van der Waals surface area (Å²) in [5.74, 6) is -2.07. The molecule has 2 aliphatic rings. The molecule has 4 amide bonds. The van der Waals surface area contributed by atoms with Crippen LogP contribution in [0.25, 0.3) is 10.9 Å². The summed E-state index contributed by atoms with van der Waals surface area (Å²) in [6.07, 6.45) is 1.46. The summed E-state index contributed by atoms with van der Waals surface area (Å²) in [7, 11) is -4.98. The zero-order chi connectivity index (χ0) is 26.4. The summed E-state index contributed by atoms with van der Waals surface area (Å²) in [6, 6.07) is 3.04. The van der Waals surface area contributed by atoms with Gasteiger partial charge in [0.05, 0.1) is 0 Å². The molecule has 6 N–H and O–H groups in total. The van der Waals surface area contributed by atoms with Gasteiger partial charge in [0.25, 0.3) is 11.4 Å². The molecule has 14 heteroatoms. The Morgan fingerprint density at radius 3 is 2.50 bits per heavy atom. The molecule has 1 aromatic carbocycles. The second-order valence-electron chi connectivity index (χ2n) is 9.01. The number of hydrogen-bond acceptors (Lipinski definition) is 6. The maximum absolute atomic E-state index is 13.5. The predicted molar refractivity (Wildman–Crippen MR) is 126 cm³/mol. The highest BCUT2D eigenvalue weighted by Crippen LogP contribution is 2.39. The number of rotatable bonds is 5. The van der Waals surface area contributed by atoms with Gasteiger partial charge < -0.3 is 35.6 Å². The third kappa shape index (κ3) is 4.90. The van der Waals surface area contributed by atoms with E-state index in [1.807, 2.05) is 0 Å². The van der Waals surface area contributed by atoms with Crippen LogP contribution in [0.3, 0.4) is 0 Å². The number of H-pyrrole nitrogens is 1. The SMILES string of the molecule is CC(=O)N1CC[C@H]2CC[C@@H](C(N)=O)N2C(=O)C(NC(=O)c2cc3cc(C(=O)P(=O)(O)O)ccc3[nH]2)C1. The molecule has 192 valence electrons. The Hall–Kier alpha value is -3.54. The van der Waals surface area contributed by atoms with Gasteiger partial charge in [0.1, 0.15) is 17.8 Å². The highest BCUT2D eigenvalue weighted by molar-refractivity contribution is 7.70. The minimum atomic E-state index is -4.98. The largest absolute Gasteiger partial charge is 0.396 e. The van der Waals surface area contributed by atoms with Gasteiger partial charge in [-0.05, 0) is 43.5 Å². The number of fused-ring (bicyclic) bond motifs is 2. The van der Waals surface area contributed by atoms with Gasteiger partial charge in [-0.2, -0.15) is 0 Å². The van der Waals surface area contributed by atoms with Crippen molar-refractivity contribution in [2.24, 2.45) is 5.73 Å². The molecule has 2 saturated heterocycles. The third-order valence-electron chi connectivity index (χ3n) is 6.65. The number of nitrogens with two attached hydrogens (primary N) is 1. The van der Waals surface area contributed by atoms with Crippen LogP contribution >= 0.6 is 7.60 Å². The number of amides is 4. The van der Waals surface area contributed by atoms with Crippen molar-refractivity contribution in [3.63, 3.8) is 0 Å². The summed E-state index contributed by atoms with van der Waals surface area (Å²) >= 11 is 0. The maximum atomic E-state index is 13.5. The number of hydrogen-bond donors (Lipinski definition) is 5. The van der Waals surface area contributed by atoms with Gasteiger partial charge in [0, 0.05) is 42.5 Å². The first-order chi connectivity index (χ1) is 16.9. The number of carbonyl (C=O) groups is 5. The molecule has 3 atom stereocenters. The molecule has 2 aliphatic heterocycles. The zero-order valence-corrected chi connectivity index (χ0v) is 20.2. The topological polar surface area (TPSA) is 203 Å². The third-order valence-corrected chi connectivity index (χ3v) is 7.43. The molecule has 1 unspecified atom stereocenters. The smallest absolute Gasteiger partial charge is 0.368 e. The normalized spacial score (nSPS) is 22.6. The van der Waals surface area contributed by atoms with Crippen molar-refractivity contribution in [1.82, 2.24) is 20.1 Å². The molecule has 0 bridgehead atoms. The zero-order valence-electron chi connectivity index (χ0n) is 19.3. The van der Waals surface area contributed by atoms with Crippen molar-refractivity contribution in [3.05, 3.63) is 35.5 Å². The van der Waals surface area contributed by atoms with E-state index in [4.69, 9.17) is 15.5 Å². The van der Waals surface area contributed by atoms with E-state index in [0.717, 1.165) is 0 Å². The van der Waals surface area contributed by atoms with Crippen LogP contribution in [0.2, 0.25) is 0 Å². The first kappa shape index (κ1) is 25.5. The fraction of sp³-hybridized carbons (Fsp3) is 0.409. The van der Waals surface area contributed by atoms with Gasteiger partial charge in [-0.3, -0.25) is 28.5 Å². The maximum Gasteiger partial charge on any atom is 0.396 e. The lowest BCUT2D eigenvalue weighted by atomic mass is 10.1. The fourth-order valence-corrected chi connectivity index (χ4v) is 5.31. The van der Waals surface area contributed by atoms with Crippen LogP contribution in [-0.2, 0) is 18.9 Å². The number of primary amides is 1. The average molecular weight is 519 g/mol. The van der Waals surface area contributed by atoms with E-state index in [9.17, 15) is 28.5 Å². The Kier molecular flexibility index (Phi) is 6.74. The van der Waals surface area contributed by atoms with Gasteiger partial charge in [-0.25, -0.2) is 0 Å². The van der Waals surface area contributed by atoms with Gasteiger partial charge >= 0.3 is 7.60 Å². The standard InChI is InChI=1S/C22H26N5O8P/c1-11(28)26-7-6-14-3-5-18(19(23)29)27(14)21(31)17(10-26)25-20(30)16-9-13-8-12(2-4-15(13)24-16)22(32)36(33,34)35/h2,4,8-9,14,17-18,24H,3,5-7,10H2,1H3,(H2,23,29)(H,25,30)(H2,33,34,35)/t14-,17?,18+/m1/s1. The Morgan fingerprint density at radius 1 is 1.14 bits per heavy atom. The molecule has 2 aromatic rings. The van der Waals surface area contributed by atoms with E-state index in [2.05, 4.69) is 10.3 Å². The molecule has 1 aromatic heterocycles. The first-order valence-electron chi connectivity index (χ1n) is 11.3. The van der Waals surface area contributed by atoms with E-state index in [0.29, 0.717) is 36.7 Å². The number of aromatic amines is 1. The molecule has 0 saturated carbocycles. The summed E-state index contributed by atoms with van der Waals surface area (Å²) in [4.78, 5) is 86.5. The van der Waals surface area contributed by atoms with Gasteiger partial charge in [0.15, 0.2) is 0 Å². The Labute approximate surface area is 205 Å². The van der Waals surface area contributed by atoms with Crippen LogP contribution in [0.1, 0.15) is 47.0 Å². The van der Waals surface area contributed by atoms with Gasteiger partial charge in [0.2, 0.25) is 17.7 Å². The molecule has 13 nitrogen and oxygen atoms in total. The molecule has 0 spiro atoms. The number of nitrogens with zero attached hydrogens (tertiary/aromatic N) is 2. The minimum Gasteiger partial charge on any atom is -0.368 e. The number of benzene rings is 1. The molecule has 36 heavy (non-hydrogen) atoms. The van der Waals surface area contributed by atoms with Crippen LogP contribution in [0.4, 0.5) is 0 Å². The second-order valence-corrected chi connectivity index (χ2v) is 10.5. The van der Waals surface area contributed by atoms with Crippen molar-refractivity contribution >= 4 is 47.7 Å². The number of nitrogens with one attached hydrogen (secondary N) is 2. The predicted octanol–water partition coefficient (Wildman–Crippen LogP) is -0.319. The summed E-state index contributed by atoms with van der Waals surface area (Å²) in [5, 5.41) is 2.98. The van der Waals surface area contributed by atoms with Crippen LogP contribution in [0.15, 0.2) is 24.3 Å². The van der Waals surface area contributed by atoms with E-state index in [1.54, 1.807) is 0 Å². The lowest BCUT2D eigenvalue weighted by Crippen LogP contribution is -2.60. The molecular formula is C22H26N5O8P. The highest BCUT2D eigenvalue weighted by atomic mass is 31.2. The quantitative estimate of drug-likeness (QED) is 0.331. The highest BCUT2D eigenvalue weighted by Gasteiger charge is 2.44. The average Bonchev–Trinajstić information content (AvgIpc) is 3.41. The fourth-order valence-electron chi connectivity index (χ4n) is 4.84. The Bertz CT molecular complexity index is 1320. The Morgan fingerprint density at radius 2 is 1.86 bits per heavy atom. The second kappa shape index (κ2) is 9.49. The summed E-state index contributed by atoms with van der Waals surface area (Å²) < 4.78 is 11.3. The molecule has 2 fully saturated rings. The van der Waals surface area contributed by atoms with Crippen molar-refractivity contribution in [2.45, 2.75) is 44.3 Å². The van der Waals surface area contributed by atoms with Gasteiger partial charge in [-0.1, -0.05) is 0 Å². The van der Waals surface area contributed by atoms with Crippen molar-refractivity contribution < 1.29 is 38.3 Å². The van der Waals surface area contributed by atoms with Crippen LogP contribution < -0.4 is 11.1 Å². The van der Waals surface area contributed by atoms with Crippen molar-refractivity contribution in [2.75, 3.05) is 13.1 Å². The number of carbonyl (C=O) groups excluding carboxylic acids is 5. The van der Waals surface area contributed by atoms with E-state index in [1.165, 1.54) is 41.0 Å². The Balaban J connectivity index is 1.61.